The molecular weight excluding hydrogens is 284 g/mol. The van der Waals surface area contributed by atoms with Crippen LogP contribution in [0.5, 0.6) is 0 Å². The second kappa shape index (κ2) is 6.85. The Labute approximate surface area is 126 Å². The Bertz CT molecular complexity index is 667. The van der Waals surface area contributed by atoms with Crippen LogP contribution < -0.4 is 10.5 Å². The molecule has 2 rings (SSSR count). The minimum atomic E-state index is -3.62. The molecule has 0 spiro atoms. The van der Waals surface area contributed by atoms with E-state index in [2.05, 4.69) is 24.4 Å². The lowest BCUT2D eigenvalue weighted by Crippen LogP contribution is -2.21. The van der Waals surface area contributed by atoms with Crippen LogP contribution in [-0.2, 0) is 16.4 Å². The molecule has 0 aliphatic rings. The van der Waals surface area contributed by atoms with E-state index in [4.69, 9.17) is 5.14 Å². The number of primary sulfonamides is 1. The van der Waals surface area contributed by atoms with E-state index in [1.807, 2.05) is 18.2 Å². The highest BCUT2D eigenvalue weighted by molar-refractivity contribution is 7.89. The summed E-state index contributed by atoms with van der Waals surface area (Å²) in [5.74, 6) is 0. The molecule has 0 bridgehead atoms. The third-order valence-electron chi connectivity index (χ3n) is 3.42. The fourth-order valence-electron chi connectivity index (χ4n) is 2.14. The number of hydrogen-bond acceptors (Lipinski definition) is 3. The van der Waals surface area contributed by atoms with Crippen molar-refractivity contribution in [3.63, 3.8) is 0 Å². The summed E-state index contributed by atoms with van der Waals surface area (Å²) in [6, 6.07) is 17.1. The highest BCUT2D eigenvalue weighted by atomic mass is 32.2. The van der Waals surface area contributed by atoms with Crippen LogP contribution in [0, 0.1) is 0 Å². The molecule has 0 heterocycles. The second-order valence-electron chi connectivity index (χ2n) is 5.03. The molecular formula is C16H20N2O2S. The van der Waals surface area contributed by atoms with E-state index in [1.165, 1.54) is 5.56 Å². The van der Waals surface area contributed by atoms with E-state index in [9.17, 15) is 8.42 Å². The van der Waals surface area contributed by atoms with Gasteiger partial charge in [0, 0.05) is 6.04 Å². The van der Waals surface area contributed by atoms with Crippen molar-refractivity contribution in [1.29, 1.82) is 0 Å². The van der Waals surface area contributed by atoms with Gasteiger partial charge < -0.3 is 5.32 Å². The third kappa shape index (κ3) is 4.67. The maximum absolute atomic E-state index is 11.2. The normalized spacial score (nSPS) is 13.0. The minimum Gasteiger partial charge on any atom is -0.310 e. The number of sulfonamides is 1. The first-order valence-corrected chi connectivity index (χ1v) is 8.41. The van der Waals surface area contributed by atoms with E-state index in [0.29, 0.717) is 0 Å². The standard InChI is InChI=1S/C16H20N2O2S/c1-13(18-12-11-14-5-3-2-4-6-14)15-7-9-16(10-8-15)21(17,19)20/h2-10,13,18H,11-12H2,1H3,(H2,17,19,20). The molecule has 3 N–H and O–H groups in total. The maximum Gasteiger partial charge on any atom is 0.238 e. The highest BCUT2D eigenvalue weighted by Crippen LogP contribution is 2.15. The monoisotopic (exact) mass is 304 g/mol. The average molecular weight is 304 g/mol. The fourth-order valence-corrected chi connectivity index (χ4v) is 2.66. The smallest absolute Gasteiger partial charge is 0.238 e. The van der Waals surface area contributed by atoms with Crippen molar-refractivity contribution < 1.29 is 8.42 Å². The Morgan fingerprint density at radius 1 is 1.05 bits per heavy atom. The molecule has 2 aromatic rings. The number of hydrogen-bond donors (Lipinski definition) is 2. The quantitative estimate of drug-likeness (QED) is 0.859. The molecule has 0 aliphatic carbocycles. The Morgan fingerprint density at radius 3 is 2.24 bits per heavy atom. The van der Waals surface area contributed by atoms with E-state index >= 15 is 0 Å². The zero-order valence-corrected chi connectivity index (χ0v) is 12.8. The Hall–Kier alpha value is -1.69. The molecule has 2 aromatic carbocycles. The molecule has 1 atom stereocenters. The molecule has 0 saturated heterocycles. The summed E-state index contributed by atoms with van der Waals surface area (Å²) < 4.78 is 22.4. The van der Waals surface area contributed by atoms with Gasteiger partial charge in [-0.15, -0.1) is 0 Å². The zero-order chi connectivity index (χ0) is 15.3. The predicted octanol–water partition coefficient (Wildman–Crippen LogP) is 2.23. The van der Waals surface area contributed by atoms with Crippen LogP contribution in [0.15, 0.2) is 59.5 Å². The topological polar surface area (TPSA) is 72.2 Å². The first-order chi connectivity index (χ1) is 9.97. The molecule has 1 unspecified atom stereocenters. The number of nitrogens with two attached hydrogens (primary N) is 1. The molecule has 112 valence electrons. The molecule has 0 amide bonds. The second-order valence-corrected chi connectivity index (χ2v) is 6.59. The molecule has 5 heteroatoms. The van der Waals surface area contributed by atoms with Crippen LogP contribution in [0.1, 0.15) is 24.1 Å². The molecule has 0 aromatic heterocycles. The van der Waals surface area contributed by atoms with Gasteiger partial charge in [-0.25, -0.2) is 13.6 Å². The highest BCUT2D eigenvalue weighted by Gasteiger charge is 2.09. The van der Waals surface area contributed by atoms with Crippen molar-refractivity contribution in [2.45, 2.75) is 24.3 Å². The Morgan fingerprint density at radius 2 is 1.67 bits per heavy atom. The van der Waals surface area contributed by atoms with Crippen LogP contribution in [-0.4, -0.2) is 15.0 Å². The summed E-state index contributed by atoms with van der Waals surface area (Å²) in [5, 5.41) is 8.51. The van der Waals surface area contributed by atoms with Gasteiger partial charge in [-0.3, -0.25) is 0 Å². The lowest BCUT2D eigenvalue weighted by atomic mass is 10.1. The van der Waals surface area contributed by atoms with Crippen LogP contribution in [0.4, 0.5) is 0 Å². The van der Waals surface area contributed by atoms with Gasteiger partial charge in [0.2, 0.25) is 10.0 Å². The van der Waals surface area contributed by atoms with Crippen molar-refractivity contribution >= 4 is 10.0 Å². The summed E-state index contributed by atoms with van der Waals surface area (Å²) >= 11 is 0. The van der Waals surface area contributed by atoms with E-state index < -0.39 is 10.0 Å². The molecule has 0 saturated carbocycles. The largest absolute Gasteiger partial charge is 0.310 e. The van der Waals surface area contributed by atoms with Gasteiger partial charge in [0.1, 0.15) is 0 Å². The first kappa shape index (κ1) is 15.7. The van der Waals surface area contributed by atoms with Crippen molar-refractivity contribution in [1.82, 2.24) is 5.32 Å². The van der Waals surface area contributed by atoms with E-state index in [-0.39, 0.29) is 10.9 Å². The minimum absolute atomic E-state index is 0.141. The summed E-state index contributed by atoms with van der Waals surface area (Å²) in [5.41, 5.74) is 2.33. The lowest BCUT2D eigenvalue weighted by molar-refractivity contribution is 0.576. The summed E-state index contributed by atoms with van der Waals surface area (Å²) in [4.78, 5) is 0.141. The van der Waals surface area contributed by atoms with Crippen LogP contribution in [0.2, 0.25) is 0 Å². The van der Waals surface area contributed by atoms with Crippen LogP contribution in [0.3, 0.4) is 0 Å². The van der Waals surface area contributed by atoms with Gasteiger partial charge in [-0.1, -0.05) is 42.5 Å². The molecule has 21 heavy (non-hydrogen) atoms. The maximum atomic E-state index is 11.2. The Balaban J connectivity index is 1.90. The number of nitrogens with one attached hydrogen (secondary N) is 1. The molecule has 0 radical (unpaired) electrons. The first-order valence-electron chi connectivity index (χ1n) is 6.87. The lowest BCUT2D eigenvalue weighted by Gasteiger charge is -2.14. The summed E-state index contributed by atoms with van der Waals surface area (Å²) in [6.07, 6.45) is 0.959. The van der Waals surface area contributed by atoms with Gasteiger partial charge in [0.05, 0.1) is 4.90 Å². The SMILES string of the molecule is CC(NCCc1ccccc1)c1ccc(S(N)(=O)=O)cc1. The number of rotatable bonds is 6. The Kier molecular flexibility index (Phi) is 5.12. The van der Waals surface area contributed by atoms with Crippen molar-refractivity contribution in [2.75, 3.05) is 6.54 Å². The number of benzene rings is 2. The van der Waals surface area contributed by atoms with E-state index in [0.717, 1.165) is 18.5 Å². The van der Waals surface area contributed by atoms with Crippen LogP contribution in [0.25, 0.3) is 0 Å². The zero-order valence-electron chi connectivity index (χ0n) is 12.0. The fraction of sp³-hybridized carbons (Fsp3) is 0.250. The van der Waals surface area contributed by atoms with Gasteiger partial charge in [-0.2, -0.15) is 0 Å². The third-order valence-corrected chi connectivity index (χ3v) is 4.34. The van der Waals surface area contributed by atoms with Crippen molar-refractivity contribution in [3.05, 3.63) is 65.7 Å². The molecule has 0 aliphatic heterocycles. The van der Waals surface area contributed by atoms with Crippen molar-refractivity contribution in [2.24, 2.45) is 5.14 Å². The van der Waals surface area contributed by atoms with Crippen LogP contribution >= 0.6 is 0 Å². The summed E-state index contributed by atoms with van der Waals surface area (Å²) in [6.45, 7) is 2.92. The van der Waals surface area contributed by atoms with E-state index in [1.54, 1.807) is 24.3 Å². The van der Waals surface area contributed by atoms with Crippen molar-refractivity contribution in [3.8, 4) is 0 Å². The molecule has 0 fully saturated rings. The van der Waals surface area contributed by atoms with Gasteiger partial charge in [-0.05, 0) is 43.1 Å². The predicted molar refractivity (Wildman–Crippen MR) is 84.4 cm³/mol. The van der Waals surface area contributed by atoms with Gasteiger partial charge in [0.15, 0.2) is 0 Å². The average Bonchev–Trinajstić information content (AvgIpc) is 2.47. The molecule has 4 nitrogen and oxygen atoms in total. The summed E-state index contributed by atoms with van der Waals surface area (Å²) in [7, 11) is -3.62. The van der Waals surface area contributed by atoms with Gasteiger partial charge in [0.25, 0.3) is 0 Å². The van der Waals surface area contributed by atoms with Gasteiger partial charge >= 0.3 is 0 Å².